The number of nitrogens with zero attached hydrogens (tertiary/aromatic N) is 1. The van der Waals surface area contributed by atoms with Crippen molar-refractivity contribution in [3.63, 3.8) is 0 Å². The van der Waals surface area contributed by atoms with Crippen LogP contribution in [0.3, 0.4) is 0 Å². The van der Waals surface area contributed by atoms with Crippen LogP contribution >= 0.6 is 11.3 Å². The first kappa shape index (κ1) is 22.3. The molecule has 1 aliphatic carbocycles. The summed E-state index contributed by atoms with van der Waals surface area (Å²) < 4.78 is 5.40. The molecule has 1 aliphatic rings. The molecule has 1 saturated carbocycles. The Labute approximate surface area is 192 Å². The fraction of sp³-hybridized carbons (Fsp3) is 0.400. The molecule has 1 atom stereocenters. The molecule has 1 fully saturated rings. The first-order valence-corrected chi connectivity index (χ1v) is 12.0. The molecule has 0 spiro atoms. The van der Waals surface area contributed by atoms with Gasteiger partial charge in [-0.1, -0.05) is 44.2 Å². The van der Waals surface area contributed by atoms with Crippen molar-refractivity contribution in [1.29, 1.82) is 0 Å². The molecule has 7 heteroatoms. The van der Waals surface area contributed by atoms with E-state index in [0.717, 1.165) is 29.7 Å². The normalized spacial score (nSPS) is 15.3. The van der Waals surface area contributed by atoms with E-state index in [1.54, 1.807) is 13.3 Å². The van der Waals surface area contributed by atoms with Gasteiger partial charge in [-0.2, -0.15) is 0 Å². The Hall–Kier alpha value is -2.93. The molecule has 0 aliphatic heterocycles. The number of ether oxygens (including phenoxy) is 1. The number of aromatic nitrogens is 2. The molecule has 2 heterocycles. The Balaban J connectivity index is 1.79. The SMILES string of the molecule is COc1cccc(-c2cc(C)[nH]c(=O)c2[C@H](CC2CCCCC2)C(=O)Nc2nccs2)c1. The molecule has 2 aromatic heterocycles. The number of aromatic amines is 1. The summed E-state index contributed by atoms with van der Waals surface area (Å²) in [5.41, 5.74) is 2.71. The summed E-state index contributed by atoms with van der Waals surface area (Å²) in [6, 6.07) is 9.60. The zero-order valence-electron chi connectivity index (χ0n) is 18.5. The Bertz CT molecular complexity index is 1120. The smallest absolute Gasteiger partial charge is 0.252 e. The minimum atomic E-state index is -0.562. The van der Waals surface area contributed by atoms with E-state index in [2.05, 4.69) is 15.3 Å². The number of aryl methyl sites for hydroxylation is 1. The summed E-state index contributed by atoms with van der Waals surface area (Å²) in [5.74, 6) is 0.397. The minimum Gasteiger partial charge on any atom is -0.497 e. The van der Waals surface area contributed by atoms with Crippen molar-refractivity contribution in [2.75, 3.05) is 12.4 Å². The second kappa shape index (κ2) is 10.1. The molecule has 6 nitrogen and oxygen atoms in total. The minimum absolute atomic E-state index is 0.177. The van der Waals surface area contributed by atoms with Gasteiger partial charge < -0.3 is 15.0 Å². The molecule has 3 aromatic rings. The number of hydrogen-bond acceptors (Lipinski definition) is 5. The number of benzene rings is 1. The molecular formula is C25H29N3O3S. The van der Waals surface area contributed by atoms with Crippen LogP contribution in [0.15, 0.2) is 46.7 Å². The summed E-state index contributed by atoms with van der Waals surface area (Å²) in [5, 5.41) is 5.32. The predicted molar refractivity (Wildman–Crippen MR) is 128 cm³/mol. The highest BCUT2D eigenvalue weighted by atomic mass is 32.1. The summed E-state index contributed by atoms with van der Waals surface area (Å²) in [6.07, 6.45) is 8.11. The van der Waals surface area contributed by atoms with E-state index in [-0.39, 0.29) is 11.5 Å². The topological polar surface area (TPSA) is 84.1 Å². The van der Waals surface area contributed by atoms with Crippen LogP contribution in [0.25, 0.3) is 11.1 Å². The average molecular weight is 452 g/mol. The van der Waals surface area contributed by atoms with Gasteiger partial charge in [0, 0.05) is 22.8 Å². The first-order valence-electron chi connectivity index (χ1n) is 11.1. The van der Waals surface area contributed by atoms with Crippen LogP contribution in [0.5, 0.6) is 5.75 Å². The van der Waals surface area contributed by atoms with Crippen LogP contribution < -0.4 is 15.6 Å². The number of methoxy groups -OCH3 is 1. The Kier molecular flexibility index (Phi) is 7.05. The van der Waals surface area contributed by atoms with Crippen LogP contribution in [0, 0.1) is 12.8 Å². The van der Waals surface area contributed by atoms with Gasteiger partial charge in [0.1, 0.15) is 5.75 Å². The number of H-pyrrole nitrogens is 1. The highest BCUT2D eigenvalue weighted by Crippen LogP contribution is 2.37. The first-order chi connectivity index (χ1) is 15.5. The van der Waals surface area contributed by atoms with Gasteiger partial charge in [0.15, 0.2) is 5.13 Å². The van der Waals surface area contributed by atoms with E-state index >= 15 is 0 Å². The molecule has 2 N–H and O–H groups in total. The number of carbonyl (C=O) groups is 1. The molecule has 0 unspecified atom stereocenters. The number of pyridine rings is 1. The summed E-state index contributed by atoms with van der Waals surface area (Å²) in [7, 11) is 1.62. The van der Waals surface area contributed by atoms with E-state index in [4.69, 9.17) is 4.74 Å². The third-order valence-corrected chi connectivity index (χ3v) is 6.90. The summed E-state index contributed by atoms with van der Waals surface area (Å²) in [4.78, 5) is 33.9. The zero-order valence-corrected chi connectivity index (χ0v) is 19.3. The van der Waals surface area contributed by atoms with Crippen molar-refractivity contribution in [3.8, 4) is 16.9 Å². The van der Waals surface area contributed by atoms with Crippen molar-refractivity contribution < 1.29 is 9.53 Å². The maximum absolute atomic E-state index is 13.5. The van der Waals surface area contributed by atoms with Crippen molar-refractivity contribution in [3.05, 3.63) is 63.5 Å². The van der Waals surface area contributed by atoms with Crippen LogP contribution in [0.1, 0.15) is 55.7 Å². The van der Waals surface area contributed by atoms with Gasteiger partial charge >= 0.3 is 0 Å². The number of thiazole rings is 1. The van der Waals surface area contributed by atoms with Gasteiger partial charge in [-0.05, 0) is 48.6 Å². The standard InChI is InChI=1S/C25H29N3O3S/c1-16-13-20(18-9-6-10-19(15-18)31-2)22(24(30)27-16)21(14-17-7-4-3-5-8-17)23(29)28-25-26-11-12-32-25/h6,9-13,15,17,21H,3-5,7-8,14H2,1-2H3,(H,27,30)(H,26,28,29)/t21-/m0/s1. The lowest BCUT2D eigenvalue weighted by Gasteiger charge is -2.27. The lowest BCUT2D eigenvalue weighted by molar-refractivity contribution is -0.118. The Morgan fingerprint density at radius 1 is 1.28 bits per heavy atom. The van der Waals surface area contributed by atoms with E-state index in [1.807, 2.05) is 42.6 Å². The number of amides is 1. The lowest BCUT2D eigenvalue weighted by atomic mass is 9.79. The third kappa shape index (κ3) is 5.10. The maximum atomic E-state index is 13.5. The summed E-state index contributed by atoms with van der Waals surface area (Å²) in [6.45, 7) is 1.86. The number of rotatable bonds is 7. The fourth-order valence-corrected chi connectivity index (χ4v) is 5.20. The second-order valence-corrected chi connectivity index (χ2v) is 9.35. The molecular weight excluding hydrogens is 422 g/mol. The molecule has 168 valence electrons. The highest BCUT2D eigenvalue weighted by Gasteiger charge is 2.31. The van der Waals surface area contributed by atoms with Gasteiger partial charge in [0.25, 0.3) is 5.56 Å². The Morgan fingerprint density at radius 2 is 2.09 bits per heavy atom. The molecule has 32 heavy (non-hydrogen) atoms. The molecule has 1 aromatic carbocycles. The quantitative estimate of drug-likeness (QED) is 0.496. The molecule has 0 radical (unpaired) electrons. The van der Waals surface area contributed by atoms with Gasteiger partial charge in [-0.15, -0.1) is 11.3 Å². The predicted octanol–water partition coefficient (Wildman–Crippen LogP) is 5.51. The van der Waals surface area contributed by atoms with Crippen LogP contribution in [0.4, 0.5) is 5.13 Å². The van der Waals surface area contributed by atoms with E-state index in [9.17, 15) is 9.59 Å². The largest absolute Gasteiger partial charge is 0.497 e. The maximum Gasteiger partial charge on any atom is 0.252 e. The zero-order chi connectivity index (χ0) is 22.5. The van der Waals surface area contributed by atoms with Gasteiger partial charge in [-0.3, -0.25) is 9.59 Å². The van der Waals surface area contributed by atoms with Gasteiger partial charge in [0.2, 0.25) is 5.91 Å². The summed E-state index contributed by atoms with van der Waals surface area (Å²) >= 11 is 1.38. The number of anilines is 1. The molecule has 0 bridgehead atoms. The van der Waals surface area contributed by atoms with E-state index < -0.39 is 5.92 Å². The molecule has 4 rings (SSSR count). The Morgan fingerprint density at radius 3 is 2.81 bits per heavy atom. The monoisotopic (exact) mass is 451 g/mol. The third-order valence-electron chi connectivity index (χ3n) is 6.21. The molecule has 1 amide bonds. The number of hydrogen-bond donors (Lipinski definition) is 2. The van der Waals surface area contributed by atoms with Crippen molar-refractivity contribution in [2.45, 2.75) is 51.4 Å². The molecule has 0 saturated heterocycles. The van der Waals surface area contributed by atoms with Crippen molar-refractivity contribution in [2.24, 2.45) is 5.92 Å². The van der Waals surface area contributed by atoms with Gasteiger partial charge in [0.05, 0.1) is 13.0 Å². The highest BCUT2D eigenvalue weighted by molar-refractivity contribution is 7.13. The number of carbonyl (C=O) groups excluding carboxylic acids is 1. The van der Waals surface area contributed by atoms with E-state index in [0.29, 0.717) is 28.8 Å². The van der Waals surface area contributed by atoms with Gasteiger partial charge in [-0.25, -0.2) is 4.98 Å². The van der Waals surface area contributed by atoms with Crippen LogP contribution in [-0.2, 0) is 4.79 Å². The second-order valence-electron chi connectivity index (χ2n) is 8.46. The lowest BCUT2D eigenvalue weighted by Crippen LogP contribution is -2.30. The van der Waals surface area contributed by atoms with Crippen molar-refractivity contribution in [1.82, 2.24) is 9.97 Å². The van der Waals surface area contributed by atoms with Crippen molar-refractivity contribution >= 4 is 22.4 Å². The van der Waals surface area contributed by atoms with Crippen LogP contribution in [-0.4, -0.2) is 23.0 Å². The fourth-order valence-electron chi connectivity index (χ4n) is 4.66. The van der Waals surface area contributed by atoms with E-state index in [1.165, 1.54) is 30.6 Å². The number of nitrogens with one attached hydrogen (secondary N) is 2. The average Bonchev–Trinajstić information content (AvgIpc) is 3.31. The van der Waals surface area contributed by atoms with Crippen LogP contribution in [0.2, 0.25) is 0 Å².